The zero-order valence-electron chi connectivity index (χ0n) is 8.61. The van der Waals surface area contributed by atoms with Crippen LogP contribution in [-0.4, -0.2) is 18.6 Å². The van der Waals surface area contributed by atoms with Crippen LogP contribution in [0.25, 0.3) is 0 Å². The van der Waals surface area contributed by atoms with Crippen LogP contribution in [0.4, 0.5) is 0 Å². The summed E-state index contributed by atoms with van der Waals surface area (Å²) in [6.45, 7) is 8.66. The van der Waals surface area contributed by atoms with Gasteiger partial charge in [-0.05, 0) is 31.6 Å². The first-order valence-corrected chi connectivity index (χ1v) is 4.97. The molecule has 1 saturated carbocycles. The highest BCUT2D eigenvalue weighted by Gasteiger charge is 2.36. The largest absolute Gasteiger partial charge is 0.324 e. The van der Waals surface area contributed by atoms with Gasteiger partial charge in [0.15, 0.2) is 0 Å². The van der Waals surface area contributed by atoms with Gasteiger partial charge in [-0.25, -0.2) is 0 Å². The maximum atomic E-state index is 6.00. The van der Waals surface area contributed by atoms with Crippen LogP contribution in [0.2, 0.25) is 0 Å². The van der Waals surface area contributed by atoms with E-state index in [4.69, 9.17) is 5.73 Å². The molecule has 1 unspecified atom stereocenters. The molecular weight excluding hydrogens is 148 g/mol. The van der Waals surface area contributed by atoms with Gasteiger partial charge < -0.3 is 11.1 Å². The molecule has 0 spiro atoms. The first-order chi connectivity index (χ1) is 5.47. The lowest BCUT2D eigenvalue weighted by atomic mass is 10.0. The van der Waals surface area contributed by atoms with Crippen LogP contribution in [-0.2, 0) is 0 Å². The average molecular weight is 170 g/mol. The van der Waals surface area contributed by atoms with Crippen molar-refractivity contribution >= 4 is 0 Å². The maximum Gasteiger partial charge on any atom is 0.0249 e. The third kappa shape index (κ3) is 3.11. The fourth-order valence-corrected chi connectivity index (χ4v) is 1.16. The highest BCUT2D eigenvalue weighted by Crippen LogP contribution is 2.43. The van der Waals surface area contributed by atoms with Crippen molar-refractivity contribution in [1.82, 2.24) is 5.32 Å². The predicted octanol–water partition coefficient (Wildman–Crippen LogP) is 1.50. The monoisotopic (exact) mass is 170 g/mol. The van der Waals surface area contributed by atoms with Gasteiger partial charge in [0.25, 0.3) is 0 Å². The van der Waals surface area contributed by atoms with Gasteiger partial charge in [-0.2, -0.15) is 0 Å². The summed E-state index contributed by atoms with van der Waals surface area (Å²) in [6, 6.07) is 0. The SMILES string of the molecule is CCC(C)(N)CNCC1(C)CC1. The van der Waals surface area contributed by atoms with E-state index in [-0.39, 0.29) is 5.54 Å². The molecule has 0 radical (unpaired) electrons. The van der Waals surface area contributed by atoms with Gasteiger partial charge in [0, 0.05) is 18.6 Å². The van der Waals surface area contributed by atoms with E-state index in [9.17, 15) is 0 Å². The summed E-state index contributed by atoms with van der Waals surface area (Å²) in [7, 11) is 0. The summed E-state index contributed by atoms with van der Waals surface area (Å²) in [5.74, 6) is 0. The van der Waals surface area contributed by atoms with Crippen LogP contribution in [0.5, 0.6) is 0 Å². The van der Waals surface area contributed by atoms with Crippen LogP contribution in [0.3, 0.4) is 0 Å². The first-order valence-electron chi connectivity index (χ1n) is 4.97. The molecule has 72 valence electrons. The standard InChI is InChI=1S/C10H22N2/c1-4-10(3,11)8-12-7-9(2)5-6-9/h12H,4-8,11H2,1-3H3. The summed E-state index contributed by atoms with van der Waals surface area (Å²) in [6.07, 6.45) is 3.80. The molecule has 3 N–H and O–H groups in total. The highest BCUT2D eigenvalue weighted by molar-refractivity contribution is 4.91. The summed E-state index contributed by atoms with van der Waals surface area (Å²) >= 11 is 0. The van der Waals surface area contributed by atoms with Crippen LogP contribution < -0.4 is 11.1 Å². The Labute approximate surface area is 75.9 Å². The predicted molar refractivity (Wildman–Crippen MR) is 53.1 cm³/mol. The molecule has 0 heterocycles. The lowest BCUT2D eigenvalue weighted by Crippen LogP contribution is -2.46. The Kier molecular flexibility index (Phi) is 2.79. The number of nitrogens with one attached hydrogen (secondary N) is 1. The second-order valence-electron chi connectivity index (χ2n) is 4.92. The zero-order valence-corrected chi connectivity index (χ0v) is 8.61. The van der Waals surface area contributed by atoms with Gasteiger partial charge in [0.2, 0.25) is 0 Å². The van der Waals surface area contributed by atoms with E-state index in [1.165, 1.54) is 12.8 Å². The maximum absolute atomic E-state index is 6.00. The number of hydrogen-bond donors (Lipinski definition) is 2. The molecule has 2 nitrogen and oxygen atoms in total. The van der Waals surface area contributed by atoms with Crippen molar-refractivity contribution < 1.29 is 0 Å². The van der Waals surface area contributed by atoms with Crippen LogP contribution >= 0.6 is 0 Å². The molecule has 0 aromatic carbocycles. The molecule has 12 heavy (non-hydrogen) atoms. The number of nitrogens with two attached hydrogens (primary N) is 1. The van der Waals surface area contributed by atoms with E-state index in [0.717, 1.165) is 19.5 Å². The van der Waals surface area contributed by atoms with E-state index in [1.807, 2.05) is 0 Å². The molecule has 1 rings (SSSR count). The summed E-state index contributed by atoms with van der Waals surface area (Å²) < 4.78 is 0. The van der Waals surface area contributed by atoms with Crippen molar-refractivity contribution in [3.05, 3.63) is 0 Å². The summed E-state index contributed by atoms with van der Waals surface area (Å²) in [5, 5.41) is 3.45. The fourth-order valence-electron chi connectivity index (χ4n) is 1.16. The van der Waals surface area contributed by atoms with E-state index >= 15 is 0 Å². The van der Waals surface area contributed by atoms with Crippen LogP contribution in [0.1, 0.15) is 40.0 Å². The number of rotatable bonds is 5. The number of hydrogen-bond acceptors (Lipinski definition) is 2. The second-order valence-corrected chi connectivity index (χ2v) is 4.92. The van der Waals surface area contributed by atoms with E-state index < -0.39 is 0 Å². The molecular formula is C10H22N2. The normalized spacial score (nSPS) is 25.0. The van der Waals surface area contributed by atoms with Crippen molar-refractivity contribution in [2.75, 3.05) is 13.1 Å². The van der Waals surface area contributed by atoms with E-state index in [2.05, 4.69) is 26.1 Å². The topological polar surface area (TPSA) is 38.0 Å². The Balaban J connectivity index is 2.09. The quantitative estimate of drug-likeness (QED) is 0.656. The highest BCUT2D eigenvalue weighted by atomic mass is 14.9. The van der Waals surface area contributed by atoms with Crippen LogP contribution in [0, 0.1) is 5.41 Å². The Morgan fingerprint density at radius 3 is 2.50 bits per heavy atom. The molecule has 2 heteroatoms. The van der Waals surface area contributed by atoms with Gasteiger partial charge >= 0.3 is 0 Å². The van der Waals surface area contributed by atoms with Crippen molar-refractivity contribution in [2.45, 2.75) is 45.6 Å². The van der Waals surface area contributed by atoms with Gasteiger partial charge in [-0.1, -0.05) is 13.8 Å². The smallest absolute Gasteiger partial charge is 0.0249 e. The summed E-state index contributed by atoms with van der Waals surface area (Å²) in [5.41, 5.74) is 6.58. The van der Waals surface area contributed by atoms with Gasteiger partial charge in [0.05, 0.1) is 0 Å². The first kappa shape index (κ1) is 10.0. The molecule has 1 aliphatic carbocycles. The minimum absolute atomic E-state index is 0.0226. The third-order valence-corrected chi connectivity index (χ3v) is 2.99. The molecule has 1 aliphatic rings. The Morgan fingerprint density at radius 2 is 2.08 bits per heavy atom. The van der Waals surface area contributed by atoms with Gasteiger partial charge in [0.1, 0.15) is 0 Å². The Bertz CT molecular complexity index is 148. The molecule has 0 amide bonds. The Hall–Kier alpha value is -0.0800. The lowest BCUT2D eigenvalue weighted by Gasteiger charge is -2.24. The van der Waals surface area contributed by atoms with Crippen molar-refractivity contribution in [1.29, 1.82) is 0 Å². The minimum Gasteiger partial charge on any atom is -0.324 e. The molecule has 1 fully saturated rings. The molecule has 0 aromatic heterocycles. The molecule has 0 aliphatic heterocycles. The van der Waals surface area contributed by atoms with E-state index in [1.54, 1.807) is 0 Å². The summed E-state index contributed by atoms with van der Waals surface area (Å²) in [4.78, 5) is 0. The zero-order chi connectivity index (χ0) is 9.24. The minimum atomic E-state index is -0.0226. The average Bonchev–Trinajstić information content (AvgIpc) is 2.68. The second kappa shape index (κ2) is 3.35. The molecule has 0 saturated heterocycles. The third-order valence-electron chi connectivity index (χ3n) is 2.99. The van der Waals surface area contributed by atoms with Crippen LogP contribution in [0.15, 0.2) is 0 Å². The lowest BCUT2D eigenvalue weighted by molar-refractivity contribution is 0.389. The Morgan fingerprint density at radius 1 is 1.50 bits per heavy atom. The van der Waals surface area contributed by atoms with Crippen molar-refractivity contribution in [2.24, 2.45) is 11.1 Å². The van der Waals surface area contributed by atoms with Gasteiger partial charge in [-0.15, -0.1) is 0 Å². The molecule has 1 atom stereocenters. The molecule has 0 bridgehead atoms. The van der Waals surface area contributed by atoms with Crippen molar-refractivity contribution in [3.63, 3.8) is 0 Å². The van der Waals surface area contributed by atoms with Crippen molar-refractivity contribution in [3.8, 4) is 0 Å². The molecule has 0 aromatic rings. The van der Waals surface area contributed by atoms with E-state index in [0.29, 0.717) is 5.41 Å². The fraction of sp³-hybridized carbons (Fsp3) is 1.00. The van der Waals surface area contributed by atoms with Gasteiger partial charge in [-0.3, -0.25) is 0 Å².